The van der Waals surface area contributed by atoms with Crippen LogP contribution >= 0.6 is 0 Å². The van der Waals surface area contributed by atoms with Crippen molar-refractivity contribution in [1.29, 1.82) is 0 Å². The highest BCUT2D eigenvalue weighted by atomic mass is 16.3. The quantitative estimate of drug-likeness (QED) is 0.543. The third kappa shape index (κ3) is 4.18. The molecular weight excluding hydrogens is 114 g/mol. The Kier molecular flexibility index (Phi) is 4.36. The van der Waals surface area contributed by atoms with E-state index in [-0.39, 0.29) is 12.6 Å². The van der Waals surface area contributed by atoms with Gasteiger partial charge in [0.05, 0.1) is 6.61 Å². The normalized spacial score (nSPS) is 13.2. The summed E-state index contributed by atoms with van der Waals surface area (Å²) < 4.78 is 0. The minimum absolute atomic E-state index is 0.183. The van der Waals surface area contributed by atoms with E-state index in [0.717, 1.165) is 12.0 Å². The molecule has 0 aromatic carbocycles. The first-order valence-electron chi connectivity index (χ1n) is 3.13. The molecule has 2 N–H and O–H groups in total. The minimum Gasteiger partial charge on any atom is -0.395 e. The minimum atomic E-state index is 0.183. The number of aliphatic hydroxyl groups excluding tert-OH is 1. The maximum atomic E-state index is 8.67. The van der Waals surface area contributed by atoms with Crippen molar-refractivity contribution in [3.8, 4) is 0 Å². The molecule has 0 aliphatic heterocycles. The first-order valence-corrected chi connectivity index (χ1v) is 3.13. The molecule has 0 fully saturated rings. The van der Waals surface area contributed by atoms with Crippen molar-refractivity contribution in [3.63, 3.8) is 0 Å². The van der Waals surface area contributed by atoms with Gasteiger partial charge in [0.15, 0.2) is 0 Å². The van der Waals surface area contributed by atoms with E-state index >= 15 is 0 Å². The standard InChI is InChI=1S/C7H15NO/c1-6(2)4-7(5-9)8-3/h7-9H,1,4-5H2,2-3H3. The van der Waals surface area contributed by atoms with Gasteiger partial charge in [-0.1, -0.05) is 5.57 Å². The lowest BCUT2D eigenvalue weighted by Gasteiger charge is -2.11. The van der Waals surface area contributed by atoms with Crippen LogP contribution in [0.25, 0.3) is 0 Å². The first-order chi connectivity index (χ1) is 4.20. The fraction of sp³-hybridized carbons (Fsp3) is 0.714. The molecule has 54 valence electrons. The fourth-order valence-corrected chi connectivity index (χ4v) is 0.679. The van der Waals surface area contributed by atoms with Crippen LogP contribution in [-0.2, 0) is 0 Å². The van der Waals surface area contributed by atoms with Crippen molar-refractivity contribution in [2.24, 2.45) is 0 Å². The van der Waals surface area contributed by atoms with E-state index in [9.17, 15) is 0 Å². The van der Waals surface area contributed by atoms with E-state index in [0.29, 0.717) is 0 Å². The summed E-state index contributed by atoms with van der Waals surface area (Å²) in [6, 6.07) is 0.183. The molecule has 0 spiro atoms. The Bertz CT molecular complexity index is 86.9. The molecule has 0 saturated carbocycles. The second-order valence-electron chi connectivity index (χ2n) is 2.33. The summed E-state index contributed by atoms with van der Waals surface area (Å²) in [4.78, 5) is 0. The van der Waals surface area contributed by atoms with Crippen LogP contribution in [0.15, 0.2) is 12.2 Å². The molecule has 0 rings (SSSR count). The summed E-state index contributed by atoms with van der Waals surface area (Å²) >= 11 is 0. The lowest BCUT2D eigenvalue weighted by atomic mass is 10.1. The average molecular weight is 129 g/mol. The SMILES string of the molecule is C=C(C)CC(CO)NC. The molecule has 1 unspecified atom stereocenters. The molecule has 0 aliphatic rings. The zero-order chi connectivity index (χ0) is 7.28. The van der Waals surface area contributed by atoms with Gasteiger partial charge < -0.3 is 10.4 Å². The number of hydrogen-bond acceptors (Lipinski definition) is 2. The molecule has 0 amide bonds. The van der Waals surface area contributed by atoms with Gasteiger partial charge in [0.25, 0.3) is 0 Å². The van der Waals surface area contributed by atoms with Gasteiger partial charge in [-0.05, 0) is 20.4 Å². The van der Waals surface area contributed by atoms with Gasteiger partial charge >= 0.3 is 0 Å². The van der Waals surface area contributed by atoms with Crippen LogP contribution in [-0.4, -0.2) is 24.8 Å². The summed E-state index contributed by atoms with van der Waals surface area (Å²) in [7, 11) is 1.84. The van der Waals surface area contributed by atoms with Crippen molar-refractivity contribution in [1.82, 2.24) is 5.32 Å². The molecular formula is C7H15NO. The molecule has 2 heteroatoms. The molecule has 0 aromatic heterocycles. The molecule has 0 saturated heterocycles. The van der Waals surface area contributed by atoms with Crippen LogP contribution in [0.3, 0.4) is 0 Å². The average Bonchev–Trinajstić information content (AvgIpc) is 1.82. The van der Waals surface area contributed by atoms with Crippen LogP contribution in [0.1, 0.15) is 13.3 Å². The van der Waals surface area contributed by atoms with Crippen LogP contribution in [0.5, 0.6) is 0 Å². The molecule has 0 bridgehead atoms. The summed E-state index contributed by atoms with van der Waals surface area (Å²) in [5, 5.41) is 11.6. The second kappa shape index (κ2) is 4.53. The number of likely N-dealkylation sites (N-methyl/N-ethyl adjacent to an activating group) is 1. The Balaban J connectivity index is 3.43. The van der Waals surface area contributed by atoms with Crippen molar-refractivity contribution in [2.45, 2.75) is 19.4 Å². The van der Waals surface area contributed by atoms with Crippen LogP contribution in [0.2, 0.25) is 0 Å². The first kappa shape index (κ1) is 8.66. The molecule has 0 heterocycles. The Morgan fingerprint density at radius 2 is 2.33 bits per heavy atom. The van der Waals surface area contributed by atoms with Gasteiger partial charge in [0.1, 0.15) is 0 Å². The molecule has 0 radical (unpaired) electrons. The monoisotopic (exact) mass is 129 g/mol. The van der Waals surface area contributed by atoms with Crippen molar-refractivity contribution in [3.05, 3.63) is 12.2 Å². The second-order valence-corrected chi connectivity index (χ2v) is 2.33. The zero-order valence-electron chi connectivity index (χ0n) is 6.15. The van der Waals surface area contributed by atoms with Gasteiger partial charge in [-0.15, -0.1) is 6.58 Å². The van der Waals surface area contributed by atoms with Gasteiger partial charge in [-0.2, -0.15) is 0 Å². The predicted molar refractivity (Wildman–Crippen MR) is 39.4 cm³/mol. The zero-order valence-corrected chi connectivity index (χ0v) is 6.15. The highest BCUT2D eigenvalue weighted by molar-refractivity contribution is 4.92. The molecule has 1 atom stereocenters. The van der Waals surface area contributed by atoms with Gasteiger partial charge in [0, 0.05) is 6.04 Å². The lowest BCUT2D eigenvalue weighted by Crippen LogP contribution is -2.28. The lowest BCUT2D eigenvalue weighted by molar-refractivity contribution is 0.248. The number of hydrogen-bond donors (Lipinski definition) is 2. The Hall–Kier alpha value is -0.340. The molecule has 0 aromatic rings. The third-order valence-electron chi connectivity index (χ3n) is 1.22. The Morgan fingerprint density at radius 3 is 2.44 bits per heavy atom. The third-order valence-corrected chi connectivity index (χ3v) is 1.22. The van der Waals surface area contributed by atoms with Gasteiger partial charge in [-0.3, -0.25) is 0 Å². The number of rotatable bonds is 4. The largest absolute Gasteiger partial charge is 0.395 e. The smallest absolute Gasteiger partial charge is 0.0587 e. The van der Waals surface area contributed by atoms with E-state index in [1.54, 1.807) is 0 Å². The summed E-state index contributed by atoms with van der Waals surface area (Å²) in [6.45, 7) is 5.88. The highest BCUT2D eigenvalue weighted by Crippen LogP contribution is 1.99. The fourth-order valence-electron chi connectivity index (χ4n) is 0.679. The summed E-state index contributed by atoms with van der Waals surface area (Å²) in [5.41, 5.74) is 1.10. The van der Waals surface area contributed by atoms with Crippen LogP contribution in [0.4, 0.5) is 0 Å². The van der Waals surface area contributed by atoms with E-state index in [1.807, 2.05) is 14.0 Å². The van der Waals surface area contributed by atoms with Crippen molar-refractivity contribution >= 4 is 0 Å². The topological polar surface area (TPSA) is 32.3 Å². The van der Waals surface area contributed by atoms with E-state index in [2.05, 4.69) is 11.9 Å². The Labute approximate surface area is 56.6 Å². The molecule has 2 nitrogen and oxygen atoms in total. The van der Waals surface area contributed by atoms with Crippen molar-refractivity contribution in [2.75, 3.05) is 13.7 Å². The van der Waals surface area contributed by atoms with E-state index < -0.39 is 0 Å². The Morgan fingerprint density at radius 1 is 1.78 bits per heavy atom. The van der Waals surface area contributed by atoms with E-state index in [4.69, 9.17) is 5.11 Å². The van der Waals surface area contributed by atoms with Crippen molar-refractivity contribution < 1.29 is 5.11 Å². The highest BCUT2D eigenvalue weighted by Gasteiger charge is 2.01. The maximum absolute atomic E-state index is 8.67. The van der Waals surface area contributed by atoms with Crippen LogP contribution in [0, 0.1) is 0 Å². The summed E-state index contributed by atoms with van der Waals surface area (Å²) in [6.07, 6.45) is 0.854. The number of nitrogens with one attached hydrogen (secondary N) is 1. The molecule has 0 aliphatic carbocycles. The predicted octanol–water partition coefficient (Wildman–Crippen LogP) is 0.533. The van der Waals surface area contributed by atoms with Crippen LogP contribution < -0.4 is 5.32 Å². The molecule has 9 heavy (non-hydrogen) atoms. The van der Waals surface area contributed by atoms with Gasteiger partial charge in [0.2, 0.25) is 0 Å². The maximum Gasteiger partial charge on any atom is 0.0587 e. The van der Waals surface area contributed by atoms with Gasteiger partial charge in [-0.25, -0.2) is 0 Å². The number of aliphatic hydroxyl groups is 1. The summed E-state index contributed by atoms with van der Waals surface area (Å²) in [5.74, 6) is 0. The van der Waals surface area contributed by atoms with E-state index in [1.165, 1.54) is 0 Å².